The lowest BCUT2D eigenvalue weighted by atomic mass is 10.2. The van der Waals surface area contributed by atoms with Crippen LogP contribution in [-0.4, -0.2) is 23.8 Å². The third-order valence-corrected chi connectivity index (χ3v) is 1.82. The summed E-state index contributed by atoms with van der Waals surface area (Å²) in [5, 5.41) is 9.30. The summed E-state index contributed by atoms with van der Waals surface area (Å²) in [5.74, 6) is 0.494. The molecular weight excluding hydrogens is 192 g/mol. The normalized spacial score (nSPS) is 12.6. The summed E-state index contributed by atoms with van der Waals surface area (Å²) < 4.78 is 5.01. The van der Waals surface area contributed by atoms with Gasteiger partial charge in [-0.25, -0.2) is 0 Å². The molecule has 0 bridgehead atoms. The third-order valence-electron chi connectivity index (χ3n) is 1.62. The number of rotatable bonds is 3. The van der Waals surface area contributed by atoms with Crippen LogP contribution in [0.3, 0.4) is 0 Å². The van der Waals surface area contributed by atoms with Crippen LogP contribution in [0.2, 0.25) is 5.02 Å². The zero-order chi connectivity index (χ0) is 9.84. The highest BCUT2D eigenvalue weighted by molar-refractivity contribution is 6.30. The molecule has 0 fully saturated rings. The van der Waals surface area contributed by atoms with Gasteiger partial charge in [0.2, 0.25) is 0 Å². The summed E-state index contributed by atoms with van der Waals surface area (Å²) in [6, 6.07) is 1.08. The molecule has 13 heavy (non-hydrogen) atoms. The maximum absolute atomic E-state index is 8.82. The summed E-state index contributed by atoms with van der Waals surface area (Å²) in [4.78, 5) is 3.98. The number of nitrogens with zero attached hydrogens (tertiary/aromatic N) is 1. The SMILES string of the molecule is COc1cc(Cl)cnc1C(N)CO. The van der Waals surface area contributed by atoms with Gasteiger partial charge in [0.15, 0.2) is 0 Å². The fourth-order valence-corrected chi connectivity index (χ4v) is 1.11. The first-order valence-corrected chi connectivity index (χ1v) is 4.12. The van der Waals surface area contributed by atoms with Crippen LogP contribution in [0.25, 0.3) is 0 Å². The van der Waals surface area contributed by atoms with Gasteiger partial charge in [0, 0.05) is 12.3 Å². The second-order valence-corrected chi connectivity index (χ2v) is 2.97. The number of hydrogen-bond donors (Lipinski definition) is 2. The van der Waals surface area contributed by atoms with Crippen molar-refractivity contribution in [2.45, 2.75) is 6.04 Å². The highest BCUT2D eigenvalue weighted by atomic mass is 35.5. The molecule has 5 heteroatoms. The molecule has 0 aromatic carbocycles. The summed E-state index contributed by atoms with van der Waals surface area (Å²) in [6.45, 7) is -0.176. The highest BCUT2D eigenvalue weighted by Gasteiger charge is 2.12. The van der Waals surface area contributed by atoms with Crippen molar-refractivity contribution < 1.29 is 9.84 Å². The second-order valence-electron chi connectivity index (χ2n) is 2.53. The first-order valence-electron chi connectivity index (χ1n) is 3.75. The van der Waals surface area contributed by atoms with Crippen LogP contribution in [0.4, 0.5) is 0 Å². The summed E-state index contributed by atoms with van der Waals surface area (Å²) in [6.07, 6.45) is 1.47. The van der Waals surface area contributed by atoms with E-state index in [-0.39, 0.29) is 6.61 Å². The zero-order valence-corrected chi connectivity index (χ0v) is 7.95. The molecule has 0 aliphatic heterocycles. The Hall–Kier alpha value is -0.840. The highest BCUT2D eigenvalue weighted by Crippen LogP contribution is 2.24. The molecule has 1 aromatic rings. The van der Waals surface area contributed by atoms with E-state index in [2.05, 4.69) is 4.98 Å². The molecular formula is C8H11ClN2O2. The van der Waals surface area contributed by atoms with Gasteiger partial charge in [-0.3, -0.25) is 4.98 Å². The van der Waals surface area contributed by atoms with Crippen LogP contribution in [-0.2, 0) is 0 Å². The number of aliphatic hydroxyl groups is 1. The maximum atomic E-state index is 8.82. The Kier molecular flexibility index (Phi) is 3.48. The van der Waals surface area contributed by atoms with Crippen LogP contribution >= 0.6 is 11.6 Å². The van der Waals surface area contributed by atoms with E-state index in [0.29, 0.717) is 16.5 Å². The van der Waals surface area contributed by atoms with Crippen LogP contribution in [0.5, 0.6) is 5.75 Å². The van der Waals surface area contributed by atoms with Gasteiger partial charge >= 0.3 is 0 Å². The van der Waals surface area contributed by atoms with Gasteiger partial charge in [-0.1, -0.05) is 11.6 Å². The van der Waals surface area contributed by atoms with E-state index >= 15 is 0 Å². The van der Waals surface area contributed by atoms with Crippen molar-refractivity contribution in [3.63, 3.8) is 0 Å². The minimum Gasteiger partial charge on any atom is -0.495 e. The van der Waals surface area contributed by atoms with Gasteiger partial charge in [0.05, 0.1) is 24.8 Å². The first kappa shape index (κ1) is 10.2. The molecule has 1 heterocycles. The minimum absolute atomic E-state index is 0.176. The Morgan fingerprint density at radius 2 is 2.46 bits per heavy atom. The molecule has 0 aliphatic carbocycles. The Morgan fingerprint density at radius 3 is 3.00 bits per heavy atom. The molecule has 1 rings (SSSR count). The smallest absolute Gasteiger partial charge is 0.143 e. The van der Waals surface area contributed by atoms with Gasteiger partial charge in [-0.2, -0.15) is 0 Å². The predicted octanol–water partition coefficient (Wildman–Crippen LogP) is 0.736. The lowest BCUT2D eigenvalue weighted by Crippen LogP contribution is -2.17. The van der Waals surface area contributed by atoms with Gasteiger partial charge < -0.3 is 15.6 Å². The van der Waals surface area contributed by atoms with Crippen LogP contribution < -0.4 is 10.5 Å². The third kappa shape index (κ3) is 2.30. The summed E-state index contributed by atoms with van der Waals surface area (Å²) in [5.41, 5.74) is 6.09. The summed E-state index contributed by atoms with van der Waals surface area (Å²) >= 11 is 5.70. The van der Waals surface area contributed by atoms with Crippen molar-refractivity contribution in [3.8, 4) is 5.75 Å². The topological polar surface area (TPSA) is 68.4 Å². The molecule has 1 atom stereocenters. The van der Waals surface area contributed by atoms with Crippen molar-refractivity contribution in [1.29, 1.82) is 0 Å². The Bertz CT molecular complexity index is 293. The fraction of sp³-hybridized carbons (Fsp3) is 0.375. The lowest BCUT2D eigenvalue weighted by Gasteiger charge is -2.11. The van der Waals surface area contributed by atoms with Crippen molar-refractivity contribution >= 4 is 11.6 Å². The van der Waals surface area contributed by atoms with E-state index in [1.54, 1.807) is 6.07 Å². The van der Waals surface area contributed by atoms with E-state index in [1.165, 1.54) is 13.3 Å². The number of nitrogens with two attached hydrogens (primary N) is 1. The standard InChI is InChI=1S/C8H11ClN2O2/c1-13-7-2-5(9)3-11-8(7)6(10)4-12/h2-3,6,12H,4,10H2,1H3. The number of pyridine rings is 1. The number of ether oxygens (including phenoxy) is 1. The monoisotopic (exact) mass is 202 g/mol. The van der Waals surface area contributed by atoms with Gasteiger partial charge in [-0.15, -0.1) is 0 Å². The number of aliphatic hydroxyl groups excluding tert-OH is 1. The lowest BCUT2D eigenvalue weighted by molar-refractivity contribution is 0.262. The average molecular weight is 203 g/mol. The second kappa shape index (κ2) is 4.41. The maximum Gasteiger partial charge on any atom is 0.143 e. The van der Waals surface area contributed by atoms with Crippen molar-refractivity contribution in [2.75, 3.05) is 13.7 Å². The molecule has 0 amide bonds. The molecule has 0 saturated carbocycles. The van der Waals surface area contributed by atoms with Crippen LogP contribution in [0.15, 0.2) is 12.3 Å². The predicted molar refractivity (Wildman–Crippen MR) is 49.8 cm³/mol. The van der Waals surface area contributed by atoms with E-state index < -0.39 is 6.04 Å². The van der Waals surface area contributed by atoms with Crippen molar-refractivity contribution in [2.24, 2.45) is 5.73 Å². The molecule has 0 radical (unpaired) electrons. The van der Waals surface area contributed by atoms with Gasteiger partial charge in [-0.05, 0) is 0 Å². The van der Waals surface area contributed by atoms with E-state index in [0.717, 1.165) is 0 Å². The average Bonchev–Trinajstić information content (AvgIpc) is 2.16. The molecule has 4 nitrogen and oxygen atoms in total. The molecule has 72 valence electrons. The van der Waals surface area contributed by atoms with Crippen LogP contribution in [0.1, 0.15) is 11.7 Å². The number of hydrogen-bond acceptors (Lipinski definition) is 4. The molecule has 1 unspecified atom stereocenters. The Balaban J connectivity index is 3.05. The molecule has 1 aromatic heterocycles. The van der Waals surface area contributed by atoms with Gasteiger partial charge in [0.1, 0.15) is 11.4 Å². The number of methoxy groups -OCH3 is 1. The Labute approximate surface area is 81.3 Å². The number of aromatic nitrogens is 1. The Morgan fingerprint density at radius 1 is 1.77 bits per heavy atom. The minimum atomic E-state index is -0.535. The molecule has 0 spiro atoms. The van der Waals surface area contributed by atoms with Gasteiger partial charge in [0.25, 0.3) is 0 Å². The number of halogens is 1. The molecule has 0 aliphatic rings. The largest absolute Gasteiger partial charge is 0.495 e. The summed E-state index contributed by atoms with van der Waals surface area (Å²) in [7, 11) is 1.50. The zero-order valence-electron chi connectivity index (χ0n) is 7.20. The first-order chi connectivity index (χ1) is 6.19. The molecule has 3 N–H and O–H groups in total. The van der Waals surface area contributed by atoms with E-state index in [1.807, 2.05) is 0 Å². The van der Waals surface area contributed by atoms with Crippen molar-refractivity contribution in [3.05, 3.63) is 23.0 Å². The van der Waals surface area contributed by atoms with E-state index in [4.69, 9.17) is 27.2 Å². The van der Waals surface area contributed by atoms with Crippen LogP contribution in [0, 0.1) is 0 Å². The van der Waals surface area contributed by atoms with E-state index in [9.17, 15) is 0 Å². The molecule has 0 saturated heterocycles. The fourth-order valence-electron chi connectivity index (χ4n) is 0.960. The quantitative estimate of drug-likeness (QED) is 0.759. The van der Waals surface area contributed by atoms with Crippen molar-refractivity contribution in [1.82, 2.24) is 4.98 Å².